The summed E-state index contributed by atoms with van der Waals surface area (Å²) in [6.07, 6.45) is 4.05. The van der Waals surface area contributed by atoms with Gasteiger partial charge in [-0.05, 0) is 44.5 Å². The number of thiophene rings is 1. The lowest BCUT2D eigenvalue weighted by atomic mass is 9.96. The van der Waals surface area contributed by atoms with E-state index >= 15 is 0 Å². The number of amides is 1. The van der Waals surface area contributed by atoms with Gasteiger partial charge in [0.1, 0.15) is 6.54 Å². The number of carbonyl (C=O) groups excluding carboxylic acids is 1. The van der Waals surface area contributed by atoms with Crippen molar-refractivity contribution in [1.82, 2.24) is 20.0 Å². The zero-order chi connectivity index (χ0) is 17.6. The normalized spacial score (nSPS) is 17.6. The van der Waals surface area contributed by atoms with Gasteiger partial charge in [0.05, 0.1) is 13.2 Å². The first-order valence-electron chi connectivity index (χ1n) is 8.83. The van der Waals surface area contributed by atoms with Crippen LogP contribution in [0.15, 0.2) is 24.4 Å². The van der Waals surface area contributed by atoms with Gasteiger partial charge in [0.2, 0.25) is 5.91 Å². The van der Waals surface area contributed by atoms with Gasteiger partial charge in [-0.1, -0.05) is 0 Å². The number of aliphatic hydroxyl groups excluding tert-OH is 1. The van der Waals surface area contributed by atoms with E-state index in [4.69, 9.17) is 0 Å². The van der Waals surface area contributed by atoms with E-state index in [9.17, 15) is 9.90 Å². The van der Waals surface area contributed by atoms with E-state index < -0.39 is 0 Å². The van der Waals surface area contributed by atoms with E-state index in [0.29, 0.717) is 19.0 Å². The molecule has 25 heavy (non-hydrogen) atoms. The summed E-state index contributed by atoms with van der Waals surface area (Å²) in [4.78, 5) is 16.9. The zero-order valence-corrected chi connectivity index (χ0v) is 15.5. The first kappa shape index (κ1) is 18.1. The number of carbonyl (C=O) groups is 1. The Morgan fingerprint density at radius 2 is 2.36 bits per heavy atom. The minimum absolute atomic E-state index is 0.00572. The van der Waals surface area contributed by atoms with E-state index in [1.54, 1.807) is 22.4 Å². The molecule has 136 valence electrons. The highest BCUT2D eigenvalue weighted by Gasteiger charge is 2.22. The molecule has 0 unspecified atom stereocenters. The number of hydrogen-bond acceptors (Lipinski definition) is 5. The molecule has 1 aliphatic heterocycles. The molecule has 0 bridgehead atoms. The fraction of sp³-hybridized carbons (Fsp3) is 0.556. The maximum atomic E-state index is 12.8. The van der Waals surface area contributed by atoms with Crippen LogP contribution in [-0.4, -0.2) is 51.9 Å². The second-order valence-electron chi connectivity index (χ2n) is 6.51. The van der Waals surface area contributed by atoms with Crippen LogP contribution in [0.5, 0.6) is 0 Å². The first-order chi connectivity index (χ1) is 12.2. The van der Waals surface area contributed by atoms with Crippen LogP contribution in [-0.2, 0) is 17.9 Å². The van der Waals surface area contributed by atoms with E-state index in [0.717, 1.165) is 36.5 Å². The number of aryl methyl sites for hydroxylation is 1. The average Bonchev–Trinajstić information content (AvgIpc) is 3.24. The molecule has 0 radical (unpaired) electrons. The molecular formula is C18H26N4O2S. The second kappa shape index (κ2) is 8.60. The lowest BCUT2D eigenvalue weighted by molar-refractivity contribution is -0.133. The summed E-state index contributed by atoms with van der Waals surface area (Å²) in [6.45, 7) is 5.14. The van der Waals surface area contributed by atoms with Gasteiger partial charge >= 0.3 is 0 Å². The molecular weight excluding hydrogens is 336 g/mol. The summed E-state index contributed by atoms with van der Waals surface area (Å²) in [7, 11) is 0. The van der Waals surface area contributed by atoms with Crippen molar-refractivity contribution in [3.63, 3.8) is 0 Å². The number of hydrogen-bond donors (Lipinski definition) is 2. The molecule has 0 spiro atoms. The fourth-order valence-electron chi connectivity index (χ4n) is 3.33. The van der Waals surface area contributed by atoms with Gasteiger partial charge < -0.3 is 15.3 Å². The summed E-state index contributed by atoms with van der Waals surface area (Å²) in [6, 6.07) is 6.12. The predicted octanol–water partition coefficient (Wildman–Crippen LogP) is 1.74. The Labute approximate surface area is 152 Å². The Balaban J connectivity index is 1.67. The third-order valence-electron chi connectivity index (χ3n) is 4.61. The van der Waals surface area contributed by atoms with Gasteiger partial charge in [-0.25, -0.2) is 0 Å². The standard InChI is InChI=1S/C18H26N4O2S/c1-14-4-5-16(25-14)12-21(9-10-23)18(24)13-22-17(6-8-20-22)15-3-2-7-19-11-15/h4-6,8,15,19,23H,2-3,7,9-13H2,1H3/t15-/m0/s1. The lowest BCUT2D eigenvalue weighted by Gasteiger charge is -2.25. The molecule has 2 aromatic rings. The van der Waals surface area contributed by atoms with Crippen molar-refractivity contribution in [2.24, 2.45) is 0 Å². The van der Waals surface area contributed by atoms with Crippen molar-refractivity contribution in [3.05, 3.63) is 39.8 Å². The Morgan fingerprint density at radius 3 is 3.04 bits per heavy atom. The smallest absolute Gasteiger partial charge is 0.244 e. The molecule has 2 N–H and O–H groups in total. The van der Waals surface area contributed by atoms with Crippen molar-refractivity contribution in [2.45, 2.75) is 38.8 Å². The second-order valence-corrected chi connectivity index (χ2v) is 7.88. The van der Waals surface area contributed by atoms with Crippen molar-refractivity contribution in [3.8, 4) is 0 Å². The Hall–Kier alpha value is -1.70. The SMILES string of the molecule is Cc1ccc(CN(CCO)C(=O)Cn2nccc2[C@H]2CCCNC2)s1. The third-order valence-corrected chi connectivity index (χ3v) is 5.60. The molecule has 7 heteroatoms. The van der Waals surface area contributed by atoms with Crippen LogP contribution in [0.25, 0.3) is 0 Å². The Morgan fingerprint density at radius 1 is 1.48 bits per heavy atom. The molecule has 1 atom stereocenters. The molecule has 1 fully saturated rings. The maximum absolute atomic E-state index is 12.8. The van der Waals surface area contributed by atoms with Crippen LogP contribution in [0.3, 0.4) is 0 Å². The summed E-state index contributed by atoms with van der Waals surface area (Å²) < 4.78 is 1.82. The molecule has 0 aromatic carbocycles. The van der Waals surface area contributed by atoms with Crippen molar-refractivity contribution >= 4 is 17.2 Å². The first-order valence-corrected chi connectivity index (χ1v) is 9.65. The van der Waals surface area contributed by atoms with E-state index in [2.05, 4.69) is 23.4 Å². The van der Waals surface area contributed by atoms with Crippen molar-refractivity contribution in [2.75, 3.05) is 26.2 Å². The molecule has 1 saturated heterocycles. The van der Waals surface area contributed by atoms with Crippen LogP contribution >= 0.6 is 11.3 Å². The maximum Gasteiger partial charge on any atom is 0.244 e. The molecule has 1 amide bonds. The van der Waals surface area contributed by atoms with E-state index in [1.807, 2.05) is 16.8 Å². The number of nitrogens with zero attached hydrogens (tertiary/aromatic N) is 3. The molecule has 2 aromatic heterocycles. The summed E-state index contributed by atoms with van der Waals surface area (Å²) in [5, 5.41) is 17.1. The highest BCUT2D eigenvalue weighted by Crippen LogP contribution is 2.23. The number of aliphatic hydroxyl groups is 1. The monoisotopic (exact) mass is 362 g/mol. The van der Waals surface area contributed by atoms with Crippen molar-refractivity contribution < 1.29 is 9.90 Å². The van der Waals surface area contributed by atoms with E-state index in [-0.39, 0.29) is 19.1 Å². The van der Waals surface area contributed by atoms with Gasteiger partial charge in [0, 0.05) is 40.7 Å². The van der Waals surface area contributed by atoms with Gasteiger partial charge in [0.15, 0.2) is 0 Å². The quantitative estimate of drug-likeness (QED) is 0.787. The summed E-state index contributed by atoms with van der Waals surface area (Å²) >= 11 is 1.69. The lowest BCUT2D eigenvalue weighted by Crippen LogP contribution is -2.36. The van der Waals surface area contributed by atoms with Crippen LogP contribution in [0.1, 0.15) is 34.2 Å². The number of rotatable bonds is 7. The molecule has 0 aliphatic carbocycles. The molecule has 1 aliphatic rings. The minimum Gasteiger partial charge on any atom is -0.395 e. The van der Waals surface area contributed by atoms with Crippen molar-refractivity contribution in [1.29, 1.82) is 0 Å². The van der Waals surface area contributed by atoms with Gasteiger partial charge in [0.25, 0.3) is 0 Å². The average molecular weight is 362 g/mol. The largest absolute Gasteiger partial charge is 0.395 e. The molecule has 3 rings (SSSR count). The van der Waals surface area contributed by atoms with E-state index in [1.165, 1.54) is 4.88 Å². The number of nitrogens with one attached hydrogen (secondary N) is 1. The van der Waals surface area contributed by atoms with Gasteiger partial charge in [-0.2, -0.15) is 5.10 Å². The van der Waals surface area contributed by atoms with Gasteiger partial charge in [-0.3, -0.25) is 9.48 Å². The van der Waals surface area contributed by atoms with Crippen LogP contribution in [0, 0.1) is 6.92 Å². The highest BCUT2D eigenvalue weighted by molar-refractivity contribution is 7.11. The Kier molecular flexibility index (Phi) is 6.23. The molecule has 0 saturated carbocycles. The number of aromatic nitrogens is 2. The topological polar surface area (TPSA) is 70.4 Å². The fourth-order valence-corrected chi connectivity index (χ4v) is 4.23. The predicted molar refractivity (Wildman–Crippen MR) is 98.6 cm³/mol. The van der Waals surface area contributed by atoms with Crippen LogP contribution in [0.4, 0.5) is 0 Å². The number of piperidine rings is 1. The van der Waals surface area contributed by atoms with Gasteiger partial charge in [-0.15, -0.1) is 11.3 Å². The van der Waals surface area contributed by atoms with Crippen LogP contribution in [0.2, 0.25) is 0 Å². The Bertz CT molecular complexity index is 691. The molecule has 3 heterocycles. The summed E-state index contributed by atoms with van der Waals surface area (Å²) in [5.74, 6) is 0.407. The third kappa shape index (κ3) is 4.68. The molecule has 6 nitrogen and oxygen atoms in total. The summed E-state index contributed by atoms with van der Waals surface area (Å²) in [5.41, 5.74) is 1.12. The highest BCUT2D eigenvalue weighted by atomic mass is 32.1. The minimum atomic E-state index is -0.0331. The van der Waals surface area contributed by atoms with Crippen LogP contribution < -0.4 is 5.32 Å². The zero-order valence-electron chi connectivity index (χ0n) is 14.6.